The molecule has 11 nitrogen and oxygen atoms in total. The summed E-state index contributed by atoms with van der Waals surface area (Å²) in [6, 6.07) is 22.6. The van der Waals surface area contributed by atoms with E-state index in [1.807, 2.05) is 18.2 Å². The molecule has 0 saturated carbocycles. The molecule has 2 amide bonds. The maximum absolute atomic E-state index is 12.4. The number of ether oxygens (including phenoxy) is 3. The Bertz CT molecular complexity index is 1690. The topological polar surface area (TPSA) is 142 Å². The van der Waals surface area contributed by atoms with Crippen molar-refractivity contribution in [2.75, 3.05) is 91.9 Å². The molecule has 0 radical (unpaired) electrons. The third-order valence-corrected chi connectivity index (χ3v) is 8.62. The second kappa shape index (κ2) is 20.5. The Morgan fingerprint density at radius 1 is 0.647 bits per heavy atom. The molecule has 0 aliphatic carbocycles. The van der Waals surface area contributed by atoms with E-state index >= 15 is 0 Å². The average Bonchev–Trinajstić information content (AvgIpc) is 3.10. The number of pyridine rings is 1. The van der Waals surface area contributed by atoms with Crippen molar-refractivity contribution in [3.8, 4) is 11.3 Å². The van der Waals surface area contributed by atoms with Gasteiger partial charge in [0.25, 0.3) is 0 Å². The number of amides is 2. The second-order valence-electron chi connectivity index (χ2n) is 13.9. The Hall–Kier alpha value is -4.29. The Kier molecular flexibility index (Phi) is 15.9. The minimum absolute atomic E-state index is 0.0123. The molecule has 4 aromatic rings. The number of aryl methyl sites for hydroxylation is 1. The lowest BCUT2D eigenvalue weighted by Gasteiger charge is -2.23. The number of nitrogens with two attached hydrogens (primary N) is 2. The highest BCUT2D eigenvalue weighted by Gasteiger charge is 2.23. The molecule has 1 aromatic heterocycles. The van der Waals surface area contributed by atoms with Crippen LogP contribution in [0.4, 0.5) is 11.4 Å². The lowest BCUT2D eigenvalue weighted by Crippen LogP contribution is -2.38. The van der Waals surface area contributed by atoms with Crippen molar-refractivity contribution in [1.29, 1.82) is 0 Å². The van der Waals surface area contributed by atoms with Crippen LogP contribution < -0.4 is 26.7 Å². The van der Waals surface area contributed by atoms with Crippen LogP contribution in [0.5, 0.6) is 0 Å². The predicted molar refractivity (Wildman–Crippen MR) is 205 cm³/mol. The molecule has 0 aliphatic heterocycles. The molecule has 0 aliphatic rings. The number of carbonyl (C=O) groups is 2. The van der Waals surface area contributed by atoms with Crippen molar-refractivity contribution in [2.24, 2.45) is 0 Å². The number of nitrogens with zero attached hydrogens (tertiary/aromatic N) is 2. The minimum atomic E-state index is 0.0123. The summed E-state index contributed by atoms with van der Waals surface area (Å²) in [5.74, 6) is 0.0418. The van der Waals surface area contributed by atoms with Gasteiger partial charge in [-0.1, -0.05) is 24.3 Å². The van der Waals surface area contributed by atoms with Gasteiger partial charge in [0.15, 0.2) is 0 Å². The largest absolute Gasteiger partial charge is 0.399 e. The molecule has 0 saturated heterocycles. The molecule has 0 unspecified atom stereocenters. The first-order valence-corrected chi connectivity index (χ1v) is 18.2. The van der Waals surface area contributed by atoms with E-state index in [2.05, 4.69) is 84.9 Å². The number of unbranched alkanes of at least 4 members (excludes halogenated alkanes) is 2. The van der Waals surface area contributed by atoms with E-state index in [9.17, 15) is 9.59 Å². The first kappa shape index (κ1) is 39.5. The van der Waals surface area contributed by atoms with Gasteiger partial charge in [0, 0.05) is 67.2 Å². The van der Waals surface area contributed by atoms with Gasteiger partial charge in [0.05, 0.1) is 78.1 Å². The van der Waals surface area contributed by atoms with Crippen LogP contribution in [-0.4, -0.2) is 96.7 Å². The van der Waals surface area contributed by atoms with Crippen molar-refractivity contribution >= 4 is 44.9 Å². The van der Waals surface area contributed by atoms with Crippen LogP contribution in [0.25, 0.3) is 32.9 Å². The maximum Gasteiger partial charge on any atom is 0.222 e. The van der Waals surface area contributed by atoms with Crippen molar-refractivity contribution in [1.82, 2.24) is 10.6 Å². The van der Waals surface area contributed by atoms with Crippen molar-refractivity contribution < 1.29 is 32.8 Å². The van der Waals surface area contributed by atoms with E-state index in [1.165, 1.54) is 0 Å². The van der Waals surface area contributed by atoms with Crippen LogP contribution in [-0.2, 0) is 30.3 Å². The lowest BCUT2D eigenvalue weighted by atomic mass is 9.98. The molecule has 0 bridgehead atoms. The maximum atomic E-state index is 12.4. The highest BCUT2D eigenvalue weighted by atomic mass is 16.5. The molecule has 11 heteroatoms. The SMILES string of the molecule is C[N+](C)(C)CCCNC(=O)CCOCCOCCOCCNC(=O)CCCCC[n+]1c(-c2ccccc2)c2cc(N)ccc2c2ccc(N)cc21. The molecule has 6 N–H and O–H groups in total. The van der Waals surface area contributed by atoms with Crippen molar-refractivity contribution in [3.63, 3.8) is 0 Å². The number of quaternary nitrogens is 1. The molecule has 4 rings (SSSR count). The molecular weight excluding hydrogens is 644 g/mol. The Balaban J connectivity index is 1.09. The summed E-state index contributed by atoms with van der Waals surface area (Å²) in [4.78, 5) is 24.3. The van der Waals surface area contributed by atoms with Crippen LogP contribution in [0.15, 0.2) is 66.7 Å². The Morgan fingerprint density at radius 2 is 1.27 bits per heavy atom. The average molecular weight is 703 g/mol. The summed E-state index contributed by atoms with van der Waals surface area (Å²) in [6.45, 7) is 5.52. The van der Waals surface area contributed by atoms with E-state index in [-0.39, 0.29) is 11.8 Å². The zero-order valence-corrected chi connectivity index (χ0v) is 30.8. The minimum Gasteiger partial charge on any atom is -0.399 e. The van der Waals surface area contributed by atoms with E-state index in [4.69, 9.17) is 25.7 Å². The van der Waals surface area contributed by atoms with E-state index in [1.54, 1.807) is 0 Å². The smallest absolute Gasteiger partial charge is 0.222 e. The fourth-order valence-corrected chi connectivity index (χ4v) is 6.06. The van der Waals surface area contributed by atoms with Gasteiger partial charge in [-0.05, 0) is 49.2 Å². The standard InChI is InChI=1S/C40H56N6O5/c1-46(2,3)22-10-19-43-39(48)18-23-49-25-27-51-28-26-50-24-20-44-38(47)13-8-5-9-21-45-37-30-33(42)15-17-35(37)34-16-14-32(41)29-36(34)40(45)31-11-6-4-7-12-31/h4,6-7,11-12,14-17,29-30,42H,5,8-10,13,18-28,41H2,1-3H3,(H-,43,44,47,48)/p+2. The Morgan fingerprint density at radius 3 is 2.00 bits per heavy atom. The number of nitrogen functional groups attached to an aromatic ring is 2. The molecule has 0 spiro atoms. The summed E-state index contributed by atoms with van der Waals surface area (Å²) in [5.41, 5.74) is 17.3. The predicted octanol–water partition coefficient (Wildman–Crippen LogP) is 4.44. The summed E-state index contributed by atoms with van der Waals surface area (Å²) in [7, 11) is 6.42. The number of aromatic nitrogens is 1. The number of carbonyl (C=O) groups excluding carboxylic acids is 2. The van der Waals surface area contributed by atoms with Gasteiger partial charge in [-0.15, -0.1) is 0 Å². The summed E-state index contributed by atoms with van der Waals surface area (Å²) >= 11 is 0. The van der Waals surface area contributed by atoms with Gasteiger partial charge in [-0.2, -0.15) is 4.57 Å². The van der Waals surface area contributed by atoms with Crippen LogP contribution >= 0.6 is 0 Å². The van der Waals surface area contributed by atoms with Gasteiger partial charge in [-0.3, -0.25) is 9.59 Å². The quantitative estimate of drug-likeness (QED) is 0.0295. The van der Waals surface area contributed by atoms with E-state index in [0.29, 0.717) is 65.6 Å². The molecule has 0 fully saturated rings. The third-order valence-electron chi connectivity index (χ3n) is 8.62. The molecule has 1 heterocycles. The summed E-state index contributed by atoms with van der Waals surface area (Å²) in [6.07, 6.45) is 4.40. The van der Waals surface area contributed by atoms with E-state index < -0.39 is 0 Å². The van der Waals surface area contributed by atoms with Crippen LogP contribution in [0.3, 0.4) is 0 Å². The number of nitrogens with one attached hydrogen (secondary N) is 2. The van der Waals surface area contributed by atoms with Crippen molar-refractivity contribution in [3.05, 3.63) is 66.7 Å². The van der Waals surface area contributed by atoms with Gasteiger partial charge in [0.2, 0.25) is 23.0 Å². The van der Waals surface area contributed by atoms with Crippen molar-refractivity contribution in [2.45, 2.75) is 45.1 Å². The van der Waals surface area contributed by atoms with Crippen LogP contribution in [0, 0.1) is 0 Å². The number of rotatable bonds is 23. The van der Waals surface area contributed by atoms with E-state index in [0.717, 1.165) is 87.6 Å². The summed E-state index contributed by atoms with van der Waals surface area (Å²) < 4.78 is 19.8. The zero-order chi connectivity index (χ0) is 36.5. The number of fused-ring (bicyclic) bond motifs is 3. The highest BCUT2D eigenvalue weighted by Crippen LogP contribution is 2.33. The zero-order valence-electron chi connectivity index (χ0n) is 30.8. The van der Waals surface area contributed by atoms with Gasteiger partial charge < -0.3 is 40.8 Å². The third kappa shape index (κ3) is 13.4. The first-order valence-electron chi connectivity index (χ1n) is 18.2. The highest BCUT2D eigenvalue weighted by molar-refractivity contribution is 6.10. The number of hydrogen-bond acceptors (Lipinski definition) is 7. The lowest BCUT2D eigenvalue weighted by molar-refractivity contribution is -0.870. The van der Waals surface area contributed by atoms with Crippen LogP contribution in [0.1, 0.15) is 38.5 Å². The molecule has 51 heavy (non-hydrogen) atoms. The molecule has 0 atom stereocenters. The second-order valence-corrected chi connectivity index (χ2v) is 13.9. The number of anilines is 2. The van der Waals surface area contributed by atoms with Gasteiger partial charge in [-0.25, -0.2) is 0 Å². The number of hydrogen-bond donors (Lipinski definition) is 4. The Labute approximate surface area is 302 Å². The fraction of sp³-hybridized carbons (Fsp3) is 0.475. The number of benzene rings is 3. The summed E-state index contributed by atoms with van der Waals surface area (Å²) in [5, 5.41) is 9.26. The first-order chi connectivity index (χ1) is 24.6. The van der Waals surface area contributed by atoms with Gasteiger partial charge in [0.1, 0.15) is 6.54 Å². The molecule has 3 aromatic carbocycles. The fourth-order valence-electron chi connectivity index (χ4n) is 6.06. The van der Waals surface area contributed by atoms with Crippen LogP contribution in [0.2, 0.25) is 0 Å². The van der Waals surface area contributed by atoms with Gasteiger partial charge >= 0.3 is 0 Å². The monoisotopic (exact) mass is 702 g/mol. The normalized spacial score (nSPS) is 11.7. The molecule has 276 valence electrons. The molecular formula is C40H58N6O5+2.